The SMILES string of the molecule is O=S(=O)(CCCl)N(Cc1cccs1)C1CC1. The molecular weight excluding hydrogens is 266 g/mol. The summed E-state index contributed by atoms with van der Waals surface area (Å²) in [6.45, 7) is 0.502. The van der Waals surface area contributed by atoms with Crippen molar-refractivity contribution in [2.24, 2.45) is 0 Å². The van der Waals surface area contributed by atoms with Crippen LogP contribution >= 0.6 is 22.9 Å². The minimum atomic E-state index is -3.18. The minimum Gasteiger partial charge on any atom is -0.212 e. The van der Waals surface area contributed by atoms with E-state index >= 15 is 0 Å². The first-order valence-corrected chi connectivity index (χ1v) is 8.23. The van der Waals surface area contributed by atoms with Gasteiger partial charge in [0.05, 0.1) is 5.75 Å². The van der Waals surface area contributed by atoms with Crippen LogP contribution in [0.2, 0.25) is 0 Å². The zero-order chi connectivity index (χ0) is 11.6. The Morgan fingerprint density at radius 2 is 2.25 bits per heavy atom. The summed E-state index contributed by atoms with van der Waals surface area (Å²) in [6, 6.07) is 4.12. The topological polar surface area (TPSA) is 37.4 Å². The molecule has 90 valence electrons. The molecule has 0 amide bonds. The normalized spacial score (nSPS) is 16.9. The lowest BCUT2D eigenvalue weighted by Gasteiger charge is -2.20. The molecule has 2 rings (SSSR count). The molecule has 0 N–H and O–H groups in total. The van der Waals surface area contributed by atoms with Crippen LogP contribution in [-0.4, -0.2) is 30.4 Å². The molecule has 1 saturated carbocycles. The van der Waals surface area contributed by atoms with Gasteiger partial charge < -0.3 is 0 Å². The molecular formula is C10H14ClNO2S2. The van der Waals surface area contributed by atoms with E-state index in [2.05, 4.69) is 0 Å². The van der Waals surface area contributed by atoms with E-state index in [1.807, 2.05) is 17.5 Å². The molecule has 1 fully saturated rings. The third kappa shape index (κ3) is 2.97. The molecule has 1 aliphatic carbocycles. The zero-order valence-electron chi connectivity index (χ0n) is 8.80. The number of sulfonamides is 1. The van der Waals surface area contributed by atoms with Gasteiger partial charge in [0.25, 0.3) is 0 Å². The largest absolute Gasteiger partial charge is 0.215 e. The van der Waals surface area contributed by atoms with Crippen molar-refractivity contribution in [1.29, 1.82) is 0 Å². The predicted octanol–water partition coefficient (Wildman–Crippen LogP) is 2.28. The van der Waals surface area contributed by atoms with Gasteiger partial charge in [0.1, 0.15) is 0 Å². The Morgan fingerprint density at radius 3 is 2.75 bits per heavy atom. The Morgan fingerprint density at radius 1 is 1.50 bits per heavy atom. The highest BCUT2D eigenvalue weighted by atomic mass is 35.5. The Bertz CT molecular complexity index is 426. The summed E-state index contributed by atoms with van der Waals surface area (Å²) >= 11 is 7.13. The van der Waals surface area contributed by atoms with Crippen LogP contribution in [0.25, 0.3) is 0 Å². The van der Waals surface area contributed by atoms with Crippen molar-refractivity contribution in [1.82, 2.24) is 4.31 Å². The van der Waals surface area contributed by atoms with E-state index < -0.39 is 10.0 Å². The maximum atomic E-state index is 12.0. The highest BCUT2D eigenvalue weighted by Gasteiger charge is 2.36. The van der Waals surface area contributed by atoms with Crippen molar-refractivity contribution < 1.29 is 8.42 Å². The Kier molecular flexibility index (Phi) is 3.89. The van der Waals surface area contributed by atoms with Crippen molar-refractivity contribution >= 4 is 33.0 Å². The summed E-state index contributed by atoms with van der Waals surface area (Å²) in [5.41, 5.74) is 0. The van der Waals surface area contributed by atoms with Crippen molar-refractivity contribution in [2.75, 3.05) is 11.6 Å². The number of nitrogens with zero attached hydrogens (tertiary/aromatic N) is 1. The molecule has 16 heavy (non-hydrogen) atoms. The predicted molar refractivity (Wildman–Crippen MR) is 67.4 cm³/mol. The molecule has 0 bridgehead atoms. The average Bonchev–Trinajstić information content (AvgIpc) is 2.92. The molecule has 1 aromatic heterocycles. The summed E-state index contributed by atoms with van der Waals surface area (Å²) in [5, 5.41) is 1.97. The van der Waals surface area contributed by atoms with E-state index in [0.717, 1.165) is 17.7 Å². The second-order valence-corrected chi connectivity index (χ2v) is 7.31. The number of thiophene rings is 1. The molecule has 0 aromatic carbocycles. The number of alkyl halides is 1. The molecule has 0 saturated heterocycles. The summed E-state index contributed by atoms with van der Waals surface area (Å²) in [4.78, 5) is 1.09. The summed E-state index contributed by atoms with van der Waals surface area (Å²) in [6.07, 6.45) is 1.96. The lowest BCUT2D eigenvalue weighted by Crippen LogP contribution is -2.34. The van der Waals surface area contributed by atoms with Gasteiger partial charge in [-0.05, 0) is 24.3 Å². The van der Waals surface area contributed by atoms with Gasteiger partial charge in [0.15, 0.2) is 0 Å². The fourth-order valence-corrected chi connectivity index (χ4v) is 4.39. The quantitative estimate of drug-likeness (QED) is 0.749. The maximum absolute atomic E-state index is 12.0. The van der Waals surface area contributed by atoms with Crippen molar-refractivity contribution in [3.05, 3.63) is 22.4 Å². The first kappa shape index (κ1) is 12.4. The van der Waals surface area contributed by atoms with Gasteiger partial charge in [-0.2, -0.15) is 4.31 Å². The van der Waals surface area contributed by atoms with E-state index in [0.29, 0.717) is 6.54 Å². The fraction of sp³-hybridized carbons (Fsp3) is 0.600. The molecule has 1 aromatic rings. The molecule has 3 nitrogen and oxygen atoms in total. The van der Waals surface area contributed by atoms with Crippen LogP contribution < -0.4 is 0 Å². The summed E-state index contributed by atoms with van der Waals surface area (Å²) < 4.78 is 25.6. The van der Waals surface area contributed by atoms with Gasteiger partial charge in [0, 0.05) is 23.3 Å². The third-order valence-electron chi connectivity index (χ3n) is 2.54. The first-order valence-electron chi connectivity index (χ1n) is 5.21. The average molecular weight is 280 g/mol. The second-order valence-electron chi connectivity index (χ2n) is 3.86. The molecule has 0 unspecified atom stereocenters. The highest BCUT2D eigenvalue weighted by Crippen LogP contribution is 2.31. The van der Waals surface area contributed by atoms with Crippen molar-refractivity contribution in [2.45, 2.75) is 25.4 Å². The number of hydrogen-bond acceptors (Lipinski definition) is 3. The van der Waals surface area contributed by atoms with Crippen LogP contribution in [0.1, 0.15) is 17.7 Å². The Labute approximate surface area is 105 Å². The minimum absolute atomic E-state index is 0.0381. The van der Waals surface area contributed by atoms with Crippen LogP contribution in [-0.2, 0) is 16.6 Å². The van der Waals surface area contributed by atoms with Gasteiger partial charge >= 0.3 is 0 Å². The Hall–Kier alpha value is -0.100. The van der Waals surface area contributed by atoms with Gasteiger partial charge in [-0.15, -0.1) is 22.9 Å². The lowest BCUT2D eigenvalue weighted by atomic mass is 10.4. The molecule has 1 aliphatic rings. The molecule has 0 spiro atoms. The number of hydrogen-bond donors (Lipinski definition) is 0. The standard InChI is InChI=1S/C10H14ClNO2S2/c11-5-7-16(13,14)12(9-3-4-9)8-10-2-1-6-15-10/h1-2,6,9H,3-5,7-8H2. The maximum Gasteiger partial charge on any atom is 0.215 e. The van der Waals surface area contributed by atoms with Gasteiger partial charge in [-0.25, -0.2) is 8.42 Å². The van der Waals surface area contributed by atoms with Gasteiger partial charge in [-0.3, -0.25) is 0 Å². The zero-order valence-corrected chi connectivity index (χ0v) is 11.2. The van der Waals surface area contributed by atoms with Crippen molar-refractivity contribution in [3.63, 3.8) is 0 Å². The summed E-state index contributed by atoms with van der Waals surface area (Å²) in [5.74, 6) is 0.201. The van der Waals surface area contributed by atoms with Crippen molar-refractivity contribution in [3.8, 4) is 0 Å². The van der Waals surface area contributed by atoms with E-state index in [1.54, 1.807) is 15.6 Å². The lowest BCUT2D eigenvalue weighted by molar-refractivity contribution is 0.402. The molecule has 6 heteroatoms. The van der Waals surface area contributed by atoms with Crippen LogP contribution in [0.3, 0.4) is 0 Å². The fourth-order valence-electron chi connectivity index (χ4n) is 1.59. The van der Waals surface area contributed by atoms with Gasteiger partial charge in [-0.1, -0.05) is 6.07 Å². The molecule has 1 heterocycles. The van der Waals surface area contributed by atoms with Crippen LogP contribution in [0.5, 0.6) is 0 Å². The van der Waals surface area contributed by atoms with Crippen LogP contribution in [0.4, 0.5) is 0 Å². The first-order chi connectivity index (χ1) is 7.63. The molecule has 0 radical (unpaired) electrons. The van der Waals surface area contributed by atoms with Gasteiger partial charge in [0.2, 0.25) is 10.0 Å². The van der Waals surface area contributed by atoms with E-state index in [-0.39, 0.29) is 17.7 Å². The number of halogens is 1. The molecule has 0 atom stereocenters. The monoisotopic (exact) mass is 279 g/mol. The third-order valence-corrected chi connectivity index (χ3v) is 5.67. The van der Waals surface area contributed by atoms with E-state index in [4.69, 9.17) is 11.6 Å². The second kappa shape index (κ2) is 5.04. The van der Waals surface area contributed by atoms with Crippen LogP contribution in [0.15, 0.2) is 17.5 Å². The molecule has 0 aliphatic heterocycles. The number of rotatable bonds is 6. The van der Waals surface area contributed by atoms with E-state index in [1.165, 1.54) is 0 Å². The van der Waals surface area contributed by atoms with Crippen LogP contribution in [0, 0.1) is 0 Å². The highest BCUT2D eigenvalue weighted by molar-refractivity contribution is 7.89. The van der Waals surface area contributed by atoms with E-state index in [9.17, 15) is 8.42 Å². The Balaban J connectivity index is 2.11. The smallest absolute Gasteiger partial charge is 0.212 e. The summed E-state index contributed by atoms with van der Waals surface area (Å²) in [7, 11) is -3.18.